The smallest absolute Gasteiger partial charge is 0.288 e. The summed E-state index contributed by atoms with van der Waals surface area (Å²) in [5.41, 5.74) is 0.612. The van der Waals surface area contributed by atoms with Gasteiger partial charge >= 0.3 is 0 Å². The second kappa shape index (κ2) is 6.84. The average molecular weight is 314 g/mol. The number of morpholine rings is 1. The molecule has 1 aliphatic rings. The van der Waals surface area contributed by atoms with Gasteiger partial charge in [-0.15, -0.1) is 0 Å². The van der Waals surface area contributed by atoms with Crippen molar-refractivity contribution in [1.29, 1.82) is 0 Å². The van der Waals surface area contributed by atoms with Gasteiger partial charge in [-0.1, -0.05) is 17.7 Å². The fraction of sp³-hybridized carbons (Fsp3) is 0.462. The fourth-order valence-corrected chi connectivity index (χ4v) is 2.45. The van der Waals surface area contributed by atoms with Crippen molar-refractivity contribution in [2.45, 2.75) is 12.6 Å². The zero-order chi connectivity index (χ0) is 15.4. The van der Waals surface area contributed by atoms with Gasteiger partial charge in [0.1, 0.15) is 11.1 Å². The molecule has 0 radical (unpaired) electrons. The lowest BCUT2D eigenvalue weighted by Crippen LogP contribution is -2.52. The van der Waals surface area contributed by atoms with Gasteiger partial charge in [0.15, 0.2) is 0 Å². The lowest BCUT2D eigenvalue weighted by atomic mass is 10.1. The molecule has 8 heteroatoms. The summed E-state index contributed by atoms with van der Waals surface area (Å²) in [6, 6.07) is 4.29. The van der Waals surface area contributed by atoms with E-state index >= 15 is 0 Å². The highest BCUT2D eigenvalue weighted by Gasteiger charge is 2.29. The van der Waals surface area contributed by atoms with E-state index in [-0.39, 0.29) is 16.6 Å². The van der Waals surface area contributed by atoms with Crippen molar-refractivity contribution in [3.63, 3.8) is 0 Å². The van der Waals surface area contributed by atoms with Crippen molar-refractivity contribution in [2.24, 2.45) is 0 Å². The SMILES string of the molecule is CNC(=O)C1COCCN1Cc1ccc(Cl)c([N+](=O)[O-])c1. The molecule has 0 spiro atoms. The molecule has 1 fully saturated rings. The van der Waals surface area contributed by atoms with E-state index in [1.807, 2.05) is 4.90 Å². The second-order valence-corrected chi connectivity index (χ2v) is 5.13. The van der Waals surface area contributed by atoms with E-state index in [9.17, 15) is 14.9 Å². The Morgan fingerprint density at radius 1 is 1.62 bits per heavy atom. The molecule has 1 N–H and O–H groups in total. The van der Waals surface area contributed by atoms with Crippen LogP contribution in [0.25, 0.3) is 0 Å². The summed E-state index contributed by atoms with van der Waals surface area (Å²) in [4.78, 5) is 24.2. The molecule has 1 amide bonds. The Morgan fingerprint density at radius 2 is 2.38 bits per heavy atom. The molecular formula is C13H16ClN3O4. The Hall–Kier alpha value is -1.70. The maximum absolute atomic E-state index is 11.8. The van der Waals surface area contributed by atoms with Gasteiger partial charge in [-0.2, -0.15) is 0 Å². The molecule has 1 atom stereocenters. The van der Waals surface area contributed by atoms with Crippen molar-refractivity contribution >= 4 is 23.2 Å². The van der Waals surface area contributed by atoms with Crippen LogP contribution >= 0.6 is 11.6 Å². The number of halogens is 1. The van der Waals surface area contributed by atoms with Crippen LogP contribution in [0.3, 0.4) is 0 Å². The lowest BCUT2D eigenvalue weighted by Gasteiger charge is -2.34. The minimum atomic E-state index is -0.513. The first-order valence-corrected chi connectivity index (χ1v) is 6.87. The zero-order valence-corrected chi connectivity index (χ0v) is 12.3. The Morgan fingerprint density at radius 3 is 3.05 bits per heavy atom. The summed E-state index contributed by atoms with van der Waals surface area (Å²) < 4.78 is 5.32. The Kier molecular flexibility index (Phi) is 5.11. The van der Waals surface area contributed by atoms with Crippen molar-refractivity contribution in [3.05, 3.63) is 38.9 Å². The summed E-state index contributed by atoms with van der Waals surface area (Å²) in [5.74, 6) is -0.127. The monoisotopic (exact) mass is 313 g/mol. The predicted octanol–water partition coefficient (Wildman–Crippen LogP) is 1.20. The van der Waals surface area contributed by atoms with Gasteiger partial charge in [-0.25, -0.2) is 0 Å². The maximum atomic E-state index is 11.8. The van der Waals surface area contributed by atoms with E-state index in [0.717, 1.165) is 5.56 Å². The largest absolute Gasteiger partial charge is 0.378 e. The van der Waals surface area contributed by atoms with E-state index in [0.29, 0.717) is 26.3 Å². The molecule has 21 heavy (non-hydrogen) atoms. The zero-order valence-electron chi connectivity index (χ0n) is 11.5. The van der Waals surface area contributed by atoms with Crippen LogP contribution in [0.5, 0.6) is 0 Å². The minimum Gasteiger partial charge on any atom is -0.378 e. The van der Waals surface area contributed by atoms with Gasteiger partial charge in [-0.3, -0.25) is 19.8 Å². The van der Waals surface area contributed by atoms with Crippen LogP contribution in [0.4, 0.5) is 5.69 Å². The molecule has 1 unspecified atom stereocenters. The van der Waals surface area contributed by atoms with E-state index in [1.54, 1.807) is 13.1 Å². The summed E-state index contributed by atoms with van der Waals surface area (Å²) >= 11 is 5.80. The van der Waals surface area contributed by atoms with Gasteiger partial charge in [-0.05, 0) is 11.6 Å². The Balaban J connectivity index is 2.17. The summed E-state index contributed by atoms with van der Waals surface area (Å²) in [5, 5.41) is 13.6. The number of rotatable bonds is 4. The molecule has 0 aliphatic carbocycles. The number of nitrogens with zero attached hydrogens (tertiary/aromatic N) is 2. The van der Waals surface area contributed by atoms with Crippen molar-refractivity contribution in [1.82, 2.24) is 10.2 Å². The topological polar surface area (TPSA) is 84.7 Å². The molecule has 1 saturated heterocycles. The first-order chi connectivity index (χ1) is 10.0. The van der Waals surface area contributed by atoms with E-state index in [1.165, 1.54) is 12.1 Å². The van der Waals surface area contributed by atoms with Crippen LogP contribution in [0.1, 0.15) is 5.56 Å². The van der Waals surface area contributed by atoms with Crippen LogP contribution < -0.4 is 5.32 Å². The Bertz CT molecular complexity index is 552. The molecule has 2 rings (SSSR count). The number of likely N-dealkylation sites (N-methyl/N-ethyl adjacent to an activating group) is 1. The number of hydrogen-bond donors (Lipinski definition) is 1. The van der Waals surface area contributed by atoms with Crippen molar-refractivity contribution in [2.75, 3.05) is 26.8 Å². The molecule has 7 nitrogen and oxygen atoms in total. The molecular weight excluding hydrogens is 298 g/mol. The number of carbonyl (C=O) groups excluding carboxylic acids is 1. The first kappa shape index (κ1) is 15.7. The summed E-state index contributed by atoms with van der Waals surface area (Å²) in [6.45, 7) is 1.87. The summed E-state index contributed by atoms with van der Waals surface area (Å²) in [7, 11) is 1.57. The van der Waals surface area contributed by atoms with Gasteiger partial charge in [0.05, 0.1) is 18.1 Å². The van der Waals surface area contributed by atoms with Crippen LogP contribution in [0, 0.1) is 10.1 Å². The number of ether oxygens (including phenoxy) is 1. The number of hydrogen-bond acceptors (Lipinski definition) is 5. The van der Waals surface area contributed by atoms with Gasteiger partial charge in [0.2, 0.25) is 5.91 Å². The highest BCUT2D eigenvalue weighted by Crippen LogP contribution is 2.26. The number of carbonyl (C=O) groups is 1. The molecule has 0 bridgehead atoms. The van der Waals surface area contributed by atoms with E-state index in [2.05, 4.69) is 5.32 Å². The standard InChI is InChI=1S/C13H16ClN3O4/c1-15-13(18)12-8-21-5-4-16(12)7-9-2-3-10(14)11(6-9)17(19)20/h2-3,6,12H,4-5,7-8H2,1H3,(H,15,18). The number of amides is 1. The van der Waals surface area contributed by atoms with Crippen LogP contribution in [-0.4, -0.2) is 48.6 Å². The van der Waals surface area contributed by atoms with Crippen molar-refractivity contribution < 1.29 is 14.5 Å². The van der Waals surface area contributed by atoms with Crippen LogP contribution in [0.15, 0.2) is 18.2 Å². The lowest BCUT2D eigenvalue weighted by molar-refractivity contribution is -0.384. The third kappa shape index (κ3) is 3.69. The first-order valence-electron chi connectivity index (χ1n) is 6.49. The average Bonchev–Trinajstić information content (AvgIpc) is 2.48. The molecule has 1 aromatic rings. The summed E-state index contributed by atoms with van der Waals surface area (Å²) in [6.07, 6.45) is 0. The molecule has 114 valence electrons. The van der Waals surface area contributed by atoms with Gasteiger partial charge in [0, 0.05) is 26.2 Å². The highest BCUT2D eigenvalue weighted by atomic mass is 35.5. The Labute approximate surface area is 127 Å². The molecule has 1 heterocycles. The third-order valence-electron chi connectivity index (χ3n) is 3.38. The van der Waals surface area contributed by atoms with E-state index < -0.39 is 11.0 Å². The van der Waals surface area contributed by atoms with Gasteiger partial charge < -0.3 is 10.1 Å². The number of benzene rings is 1. The second-order valence-electron chi connectivity index (χ2n) is 4.72. The van der Waals surface area contributed by atoms with Crippen molar-refractivity contribution in [3.8, 4) is 0 Å². The molecule has 0 saturated carbocycles. The van der Waals surface area contributed by atoms with E-state index in [4.69, 9.17) is 16.3 Å². The van der Waals surface area contributed by atoms with Crippen LogP contribution in [0.2, 0.25) is 5.02 Å². The molecule has 0 aromatic heterocycles. The molecule has 1 aliphatic heterocycles. The van der Waals surface area contributed by atoms with Crippen LogP contribution in [-0.2, 0) is 16.1 Å². The van der Waals surface area contributed by atoms with Gasteiger partial charge in [0.25, 0.3) is 5.69 Å². The third-order valence-corrected chi connectivity index (χ3v) is 3.70. The highest BCUT2D eigenvalue weighted by molar-refractivity contribution is 6.32. The predicted molar refractivity (Wildman–Crippen MR) is 77.2 cm³/mol. The maximum Gasteiger partial charge on any atom is 0.288 e. The molecule has 1 aromatic carbocycles. The quantitative estimate of drug-likeness (QED) is 0.667. The minimum absolute atomic E-state index is 0.105. The normalized spacial score (nSPS) is 19.2. The fourth-order valence-electron chi connectivity index (χ4n) is 2.27. The number of nitro groups is 1. The number of nitro benzene ring substituents is 1. The number of nitrogens with one attached hydrogen (secondary N) is 1.